The van der Waals surface area contributed by atoms with Crippen LogP contribution in [-0.4, -0.2) is 32.0 Å². The predicted molar refractivity (Wildman–Crippen MR) is 131 cm³/mol. The molecule has 0 amide bonds. The number of carbonyl (C=O) groups is 2. The van der Waals surface area contributed by atoms with Crippen molar-refractivity contribution in [2.45, 2.75) is 96.7 Å². The molecule has 1 aromatic heterocycles. The van der Waals surface area contributed by atoms with Crippen LogP contribution in [0.15, 0.2) is 21.7 Å². The summed E-state index contributed by atoms with van der Waals surface area (Å²) in [4.78, 5) is 51.1. The van der Waals surface area contributed by atoms with Gasteiger partial charge in [-0.1, -0.05) is 46.0 Å². The second-order valence-electron chi connectivity index (χ2n) is 10.7. The second-order valence-corrected chi connectivity index (χ2v) is 10.7. The van der Waals surface area contributed by atoms with Gasteiger partial charge in [-0.3, -0.25) is 23.5 Å². The topological polar surface area (TPSA) is 110 Å². The molecule has 4 rings (SSSR count). The number of carbonyl (C=O) groups excluding carboxylic acids is 1. The molecule has 2 aromatic rings. The van der Waals surface area contributed by atoms with E-state index < -0.39 is 47.2 Å². The molecule has 2 N–H and O–H groups in total. The van der Waals surface area contributed by atoms with Gasteiger partial charge in [0.2, 0.25) is 0 Å². The van der Waals surface area contributed by atoms with Gasteiger partial charge in [-0.05, 0) is 37.8 Å². The molecular formula is C26H34FN3O5. The summed E-state index contributed by atoms with van der Waals surface area (Å²) in [5.74, 6) is -2.24. The minimum Gasteiger partial charge on any atom is -0.481 e. The zero-order valence-electron chi connectivity index (χ0n) is 20.4. The third-order valence-electron chi connectivity index (χ3n) is 7.56. The van der Waals surface area contributed by atoms with E-state index in [1.807, 2.05) is 0 Å². The molecule has 0 bridgehead atoms. The van der Waals surface area contributed by atoms with E-state index in [2.05, 4.69) is 5.32 Å². The van der Waals surface area contributed by atoms with Crippen LogP contribution in [0.2, 0.25) is 0 Å². The van der Waals surface area contributed by atoms with Crippen LogP contribution in [0, 0.1) is 11.2 Å². The van der Waals surface area contributed by atoms with Crippen LogP contribution in [-0.2, 0) is 16.1 Å². The maximum atomic E-state index is 15.2. The Labute approximate surface area is 203 Å². The van der Waals surface area contributed by atoms with Gasteiger partial charge < -0.3 is 10.4 Å². The zero-order chi connectivity index (χ0) is 25.3. The van der Waals surface area contributed by atoms with Crippen LogP contribution >= 0.6 is 0 Å². The lowest BCUT2D eigenvalue weighted by Gasteiger charge is -2.25. The summed E-state index contributed by atoms with van der Waals surface area (Å²) in [6.07, 6.45) is 8.20. The third kappa shape index (κ3) is 5.18. The summed E-state index contributed by atoms with van der Waals surface area (Å²) < 4.78 is 17.6. The average Bonchev–Trinajstić information content (AvgIpc) is 3.32. The largest absolute Gasteiger partial charge is 0.481 e. The normalized spacial score (nSPS) is 17.7. The number of fused-ring (bicyclic) bond motifs is 1. The van der Waals surface area contributed by atoms with Gasteiger partial charge in [0, 0.05) is 17.5 Å². The van der Waals surface area contributed by atoms with E-state index in [-0.39, 0.29) is 23.2 Å². The van der Waals surface area contributed by atoms with Gasteiger partial charge in [0.25, 0.3) is 5.56 Å². The molecule has 0 saturated heterocycles. The van der Waals surface area contributed by atoms with E-state index in [9.17, 15) is 19.2 Å². The molecule has 2 fully saturated rings. The van der Waals surface area contributed by atoms with Gasteiger partial charge in [-0.2, -0.15) is 0 Å². The fourth-order valence-corrected chi connectivity index (χ4v) is 5.46. The van der Waals surface area contributed by atoms with E-state index in [1.165, 1.54) is 20.3 Å². The van der Waals surface area contributed by atoms with E-state index in [0.717, 1.165) is 62.0 Å². The monoisotopic (exact) mass is 487 g/mol. The minimum atomic E-state index is -1.26. The third-order valence-corrected chi connectivity index (χ3v) is 7.56. The van der Waals surface area contributed by atoms with Crippen LogP contribution in [0.1, 0.15) is 84.1 Å². The van der Waals surface area contributed by atoms with Crippen LogP contribution in [0.4, 0.5) is 10.1 Å². The molecule has 2 aliphatic carbocycles. The summed E-state index contributed by atoms with van der Waals surface area (Å²) >= 11 is 0. The lowest BCUT2D eigenvalue weighted by atomic mass is 9.84. The molecular weight excluding hydrogens is 453 g/mol. The molecule has 2 aliphatic rings. The van der Waals surface area contributed by atoms with Crippen molar-refractivity contribution in [1.29, 1.82) is 0 Å². The number of aliphatic carboxylic acids is 1. The summed E-state index contributed by atoms with van der Waals surface area (Å²) in [7, 11) is 0. The molecule has 190 valence electrons. The van der Waals surface area contributed by atoms with Gasteiger partial charge in [0.1, 0.15) is 5.82 Å². The maximum absolute atomic E-state index is 15.2. The number of carboxylic acid groups (broad SMARTS) is 1. The molecule has 9 heteroatoms. The quantitative estimate of drug-likeness (QED) is 0.577. The fraction of sp³-hybridized carbons (Fsp3) is 0.615. The first-order chi connectivity index (χ1) is 16.6. The summed E-state index contributed by atoms with van der Waals surface area (Å²) in [6, 6.07) is 2.74. The Hall–Kier alpha value is -2.97. The first-order valence-electron chi connectivity index (χ1n) is 12.6. The number of aromatic nitrogens is 2. The van der Waals surface area contributed by atoms with Crippen molar-refractivity contribution in [1.82, 2.24) is 9.13 Å². The highest BCUT2D eigenvalue weighted by atomic mass is 19.1. The smallest absolute Gasteiger partial charge is 0.332 e. The highest BCUT2D eigenvalue weighted by Crippen LogP contribution is 2.32. The van der Waals surface area contributed by atoms with Crippen LogP contribution in [0.3, 0.4) is 0 Å². The molecule has 1 aromatic carbocycles. The Morgan fingerprint density at radius 1 is 1.06 bits per heavy atom. The Kier molecular flexibility index (Phi) is 7.15. The van der Waals surface area contributed by atoms with Crippen molar-refractivity contribution in [3.05, 3.63) is 38.8 Å². The van der Waals surface area contributed by atoms with Crippen molar-refractivity contribution < 1.29 is 19.1 Å². The molecule has 0 spiro atoms. The Morgan fingerprint density at radius 3 is 2.31 bits per heavy atom. The molecule has 0 aliphatic heterocycles. The van der Waals surface area contributed by atoms with Gasteiger partial charge in [0.15, 0.2) is 5.78 Å². The number of ketones is 1. The highest BCUT2D eigenvalue weighted by molar-refractivity contribution is 5.88. The average molecular weight is 488 g/mol. The van der Waals surface area contributed by atoms with Crippen LogP contribution < -0.4 is 16.6 Å². The molecule has 0 radical (unpaired) electrons. The minimum absolute atomic E-state index is 0.0482. The number of Topliss-reactive ketones (excluding diaryl/α,β-unsaturated/α-hetero) is 1. The molecule has 8 nitrogen and oxygen atoms in total. The molecule has 1 heterocycles. The predicted octanol–water partition coefficient (Wildman–Crippen LogP) is 4.23. The number of halogens is 1. The Morgan fingerprint density at radius 2 is 1.69 bits per heavy atom. The van der Waals surface area contributed by atoms with Crippen LogP contribution in [0.25, 0.3) is 10.9 Å². The first-order valence-corrected chi connectivity index (χ1v) is 12.6. The summed E-state index contributed by atoms with van der Waals surface area (Å²) in [5.41, 5.74) is -1.94. The van der Waals surface area contributed by atoms with Crippen LogP contribution in [0.5, 0.6) is 0 Å². The second kappa shape index (κ2) is 9.95. The number of nitrogens with one attached hydrogen (secondary N) is 1. The number of nitrogens with zero attached hydrogens (tertiary/aromatic N) is 2. The van der Waals surface area contributed by atoms with E-state index in [4.69, 9.17) is 5.11 Å². The van der Waals surface area contributed by atoms with Gasteiger partial charge >= 0.3 is 11.7 Å². The lowest BCUT2D eigenvalue weighted by molar-refractivity contribution is -0.143. The van der Waals surface area contributed by atoms with Gasteiger partial charge in [-0.15, -0.1) is 0 Å². The van der Waals surface area contributed by atoms with Crippen molar-refractivity contribution in [2.75, 3.05) is 5.32 Å². The van der Waals surface area contributed by atoms with E-state index in [0.29, 0.717) is 5.52 Å². The molecule has 35 heavy (non-hydrogen) atoms. The Balaban J connectivity index is 1.82. The van der Waals surface area contributed by atoms with E-state index >= 15 is 4.39 Å². The first kappa shape index (κ1) is 25.1. The Bertz CT molecular complexity index is 1250. The van der Waals surface area contributed by atoms with Crippen molar-refractivity contribution in [3.63, 3.8) is 0 Å². The fourth-order valence-electron chi connectivity index (χ4n) is 5.46. The number of hydrogen-bond acceptors (Lipinski definition) is 5. The van der Waals surface area contributed by atoms with Gasteiger partial charge in [-0.25, -0.2) is 9.18 Å². The zero-order valence-corrected chi connectivity index (χ0v) is 20.4. The number of anilines is 1. The molecule has 0 atom stereocenters. The summed E-state index contributed by atoms with van der Waals surface area (Å²) in [6.45, 7) is 2.41. The van der Waals surface area contributed by atoms with Crippen molar-refractivity contribution in [3.8, 4) is 0 Å². The lowest BCUT2D eigenvalue weighted by Crippen LogP contribution is -2.45. The van der Waals surface area contributed by atoms with E-state index in [1.54, 1.807) is 10.6 Å². The maximum Gasteiger partial charge on any atom is 0.332 e. The van der Waals surface area contributed by atoms with Crippen molar-refractivity contribution >= 4 is 28.3 Å². The van der Waals surface area contributed by atoms with Gasteiger partial charge in [0.05, 0.1) is 29.6 Å². The molecule has 2 saturated carbocycles. The standard InChI is InChI=1S/C26H34FN3O5/c1-26(2,14-23(32)33)22(31)15-29-24(34)18-12-19(27)20(28-16-8-4-3-5-9-16)13-21(18)30(25(29)35)17-10-6-7-11-17/h12-13,16-17,28H,3-11,14-15H2,1-2H3,(H,32,33). The molecule has 0 unspecified atom stereocenters. The summed E-state index contributed by atoms with van der Waals surface area (Å²) in [5, 5.41) is 12.5. The van der Waals surface area contributed by atoms with Crippen molar-refractivity contribution in [2.24, 2.45) is 5.41 Å². The SMILES string of the molecule is CC(C)(CC(=O)O)C(=O)Cn1c(=O)c2cc(F)c(NC3CCCCC3)cc2n(C2CCCC2)c1=O. The number of hydrogen-bond donors (Lipinski definition) is 2. The number of benzene rings is 1. The number of carboxylic acids is 1. The highest BCUT2D eigenvalue weighted by Gasteiger charge is 2.32. The number of rotatable bonds is 8.